The van der Waals surface area contributed by atoms with E-state index in [1.165, 1.54) is 51.4 Å². The maximum atomic E-state index is 2.69. The Balaban J connectivity index is 0.00000104. The molecule has 4 heteroatoms. The first-order chi connectivity index (χ1) is 10.8. The summed E-state index contributed by atoms with van der Waals surface area (Å²) in [5.41, 5.74) is 7.42. The van der Waals surface area contributed by atoms with Gasteiger partial charge in [-0.1, -0.05) is 0 Å². The van der Waals surface area contributed by atoms with Crippen molar-refractivity contribution in [1.29, 1.82) is 0 Å². The van der Waals surface area contributed by atoms with Crippen LogP contribution in [0, 0.1) is 0 Å². The topological polar surface area (TPSA) is 0 Å². The van der Waals surface area contributed by atoms with Crippen LogP contribution in [-0.2, 0) is 20.6 Å². The van der Waals surface area contributed by atoms with Crippen LogP contribution in [-0.4, -0.2) is 5.98 Å². The molecule has 0 saturated heterocycles. The summed E-state index contributed by atoms with van der Waals surface area (Å²) >= 11 is -1.64. The summed E-state index contributed by atoms with van der Waals surface area (Å²) < 4.78 is 1.99. The number of halogens is 2. The number of rotatable bonds is 3. The zero-order chi connectivity index (χ0) is 15.1. The molecule has 0 radical (unpaired) electrons. The van der Waals surface area contributed by atoms with Crippen LogP contribution in [0.15, 0.2) is 46.6 Å². The fourth-order valence-electron chi connectivity index (χ4n) is 5.19. The molecular weight excluding hydrogens is 518 g/mol. The van der Waals surface area contributed by atoms with Gasteiger partial charge >= 0.3 is 145 Å². The van der Waals surface area contributed by atoms with Gasteiger partial charge in [0.25, 0.3) is 0 Å². The van der Waals surface area contributed by atoms with E-state index in [9.17, 15) is 0 Å². The van der Waals surface area contributed by atoms with E-state index in [4.69, 9.17) is 0 Å². The Hall–Kier alpha value is 0.627. The molecule has 0 fully saturated rings. The SMILES string of the molecule is C[SiH](C)[Hf+2]([CH]1C=CC2=C1CCCC2)[CH]1C=CC2=C1CCCC2.[Cl-].[Cl-]. The summed E-state index contributed by atoms with van der Waals surface area (Å²) in [4.78, 5) is 0. The third kappa shape index (κ3) is 3.82. The van der Waals surface area contributed by atoms with Crippen LogP contribution in [0.3, 0.4) is 0 Å². The van der Waals surface area contributed by atoms with E-state index in [0.717, 1.165) is 7.35 Å². The quantitative estimate of drug-likeness (QED) is 0.439. The zero-order valence-electron chi connectivity index (χ0n) is 15.0. The molecular formula is C20H29Cl2HfSi. The van der Waals surface area contributed by atoms with E-state index >= 15 is 0 Å². The van der Waals surface area contributed by atoms with Crippen molar-refractivity contribution in [3.63, 3.8) is 0 Å². The molecule has 0 spiro atoms. The first-order valence-corrected chi connectivity index (χ1v) is 22.7. The molecule has 0 heterocycles. The third-order valence-electron chi connectivity index (χ3n) is 6.22. The molecule has 0 amide bonds. The summed E-state index contributed by atoms with van der Waals surface area (Å²) in [7, 11) is 0. The predicted octanol–water partition coefficient (Wildman–Crippen LogP) is 0.0538. The number of allylic oxidation sites excluding steroid dienone is 8. The van der Waals surface area contributed by atoms with Gasteiger partial charge in [0.1, 0.15) is 0 Å². The molecule has 4 rings (SSSR count). The van der Waals surface area contributed by atoms with E-state index in [1.54, 1.807) is 11.1 Å². The average molecular weight is 547 g/mol. The zero-order valence-corrected chi connectivity index (χ0v) is 21.2. The standard InChI is InChI=1S/2C9H11.C2H7Si.2ClH.Hf/c2*1-2-5-9-7-3-6-8(9)4-1;1-3-2;;;/h2*3,6-7H,1-2,4-5H2;3H,1-2H3;2*1H;/q;;;;;+2/p-2. The second-order valence-electron chi connectivity index (χ2n) is 7.84. The molecule has 2 atom stereocenters. The van der Waals surface area contributed by atoms with Gasteiger partial charge in [0.15, 0.2) is 0 Å². The van der Waals surface area contributed by atoms with E-state index in [-0.39, 0.29) is 24.8 Å². The Morgan fingerprint density at radius 1 is 0.750 bits per heavy atom. The van der Waals surface area contributed by atoms with Gasteiger partial charge in [0.2, 0.25) is 0 Å². The van der Waals surface area contributed by atoms with E-state index < -0.39 is 26.6 Å². The van der Waals surface area contributed by atoms with Crippen LogP contribution in [0.5, 0.6) is 0 Å². The molecule has 0 aromatic heterocycles. The van der Waals surface area contributed by atoms with Gasteiger partial charge in [-0.15, -0.1) is 0 Å². The smallest absolute Gasteiger partial charge is 1.00 e. The normalized spacial score (nSPS) is 27.8. The van der Waals surface area contributed by atoms with Crippen molar-refractivity contribution >= 4 is 5.98 Å². The Kier molecular flexibility index (Phi) is 7.86. The van der Waals surface area contributed by atoms with Crippen LogP contribution in [0.25, 0.3) is 0 Å². The van der Waals surface area contributed by atoms with Crippen molar-refractivity contribution in [1.82, 2.24) is 0 Å². The van der Waals surface area contributed by atoms with Gasteiger partial charge in [0, 0.05) is 0 Å². The molecule has 0 saturated carbocycles. The van der Waals surface area contributed by atoms with Gasteiger partial charge in [-0.05, 0) is 0 Å². The summed E-state index contributed by atoms with van der Waals surface area (Å²) in [6.07, 6.45) is 21.9. The Morgan fingerprint density at radius 3 is 1.58 bits per heavy atom. The minimum Gasteiger partial charge on any atom is -1.00 e. The maximum absolute atomic E-state index is 2.69. The molecule has 0 aromatic carbocycles. The molecule has 0 N–H and O–H groups in total. The molecule has 4 aliphatic rings. The third-order valence-corrected chi connectivity index (χ3v) is 36.9. The molecule has 4 aliphatic carbocycles. The van der Waals surface area contributed by atoms with Crippen molar-refractivity contribution in [2.75, 3.05) is 0 Å². The van der Waals surface area contributed by atoms with Gasteiger partial charge in [-0.25, -0.2) is 0 Å². The monoisotopic (exact) mass is 547 g/mol. The van der Waals surface area contributed by atoms with Crippen molar-refractivity contribution < 1.29 is 45.4 Å². The Bertz CT molecular complexity index is 540. The summed E-state index contributed by atoms with van der Waals surface area (Å²) in [6, 6.07) is 0. The van der Waals surface area contributed by atoms with Crippen molar-refractivity contribution in [3.05, 3.63) is 46.6 Å². The van der Waals surface area contributed by atoms with Crippen LogP contribution in [0.2, 0.25) is 20.4 Å². The van der Waals surface area contributed by atoms with E-state index in [0.29, 0.717) is 0 Å². The molecule has 0 aliphatic heterocycles. The largest absolute Gasteiger partial charge is 1.00 e. The fraction of sp³-hybridized carbons (Fsp3) is 0.600. The van der Waals surface area contributed by atoms with Gasteiger partial charge < -0.3 is 24.8 Å². The van der Waals surface area contributed by atoms with Gasteiger partial charge in [-0.3, -0.25) is 0 Å². The maximum Gasteiger partial charge on any atom is -1.00 e. The predicted molar refractivity (Wildman–Crippen MR) is 95.6 cm³/mol. The minimum atomic E-state index is -1.64. The molecule has 0 bridgehead atoms. The van der Waals surface area contributed by atoms with Crippen LogP contribution >= 0.6 is 0 Å². The summed E-state index contributed by atoms with van der Waals surface area (Å²) in [5, 5.41) is 0. The second-order valence-corrected chi connectivity index (χ2v) is 36.1. The van der Waals surface area contributed by atoms with Gasteiger partial charge in [-0.2, -0.15) is 0 Å². The van der Waals surface area contributed by atoms with E-state index in [1.807, 2.05) is 11.1 Å². The number of hydrogen-bond donors (Lipinski definition) is 0. The molecule has 24 heavy (non-hydrogen) atoms. The first-order valence-electron chi connectivity index (χ1n) is 9.42. The number of hydrogen-bond acceptors (Lipinski definition) is 0. The minimum absolute atomic E-state index is 0. The summed E-state index contributed by atoms with van der Waals surface area (Å²) in [5.74, 6) is -0.483. The van der Waals surface area contributed by atoms with Gasteiger partial charge in [0.05, 0.1) is 0 Å². The average Bonchev–Trinajstić information content (AvgIpc) is 3.13. The van der Waals surface area contributed by atoms with Crippen LogP contribution in [0.4, 0.5) is 0 Å². The van der Waals surface area contributed by atoms with Crippen molar-refractivity contribution in [3.8, 4) is 0 Å². The Morgan fingerprint density at radius 2 is 1.17 bits per heavy atom. The van der Waals surface area contributed by atoms with Crippen LogP contribution < -0.4 is 24.8 Å². The Labute approximate surface area is 168 Å². The second kappa shape index (κ2) is 9.02. The van der Waals surface area contributed by atoms with Crippen molar-refractivity contribution in [2.24, 2.45) is 0 Å². The van der Waals surface area contributed by atoms with Crippen molar-refractivity contribution in [2.45, 2.75) is 71.8 Å². The molecule has 0 nitrogen and oxygen atoms in total. The first kappa shape index (κ1) is 20.9. The molecule has 2 unspecified atom stereocenters. The fourth-order valence-corrected chi connectivity index (χ4v) is 36.2. The molecule has 131 valence electrons. The van der Waals surface area contributed by atoms with E-state index in [2.05, 4.69) is 37.4 Å². The summed E-state index contributed by atoms with van der Waals surface area (Å²) in [6.45, 7) is 5.37. The molecule has 0 aromatic rings. The van der Waals surface area contributed by atoms with Crippen LogP contribution in [0.1, 0.15) is 51.4 Å².